The van der Waals surface area contributed by atoms with Crippen LogP contribution in [0.4, 0.5) is 0 Å². The number of aliphatic hydroxyl groups is 6. The van der Waals surface area contributed by atoms with E-state index in [1.54, 1.807) is 42.5 Å². The predicted molar refractivity (Wildman–Crippen MR) is 252 cm³/mol. The Morgan fingerprint density at radius 1 is 0.580 bits per heavy atom. The molecule has 22 N–H and O–H groups in total. The standard InChI is InChI=1S/C43H64N10O14S2/c44-12-23-31(57)33(59)26(48)39(62-23)65-36-22(47)11-21(46)30(56)38(36)67-41-35(61)37(66-40-27(49)34(60)32(58)24(13-45)63-40)25(64-41)15-53-43(69)51-9-3-8-50-42(68)52-14-16-6-7-19-20(10-16)29(55)18-5-2-1-4-17(18)28(19)54/h1-2,4-7,10,21-27,30-41,56-61H,3,8-9,11-15,44-49H2,(H2,50,52,68)(H2,51,53,69)/t21-,22+,23-,24+,25-,26-,27-,30+,31-,32-,33-,34-,35-,36-,37-,38-,39-,40-,41+/m1/s1. The molecule has 382 valence electrons. The molecule has 2 aromatic carbocycles. The first kappa shape index (κ1) is 53.2. The Hall–Kier alpha value is -3.56. The van der Waals surface area contributed by atoms with Crippen LogP contribution in [0, 0.1) is 0 Å². The Labute approximate surface area is 407 Å². The third-order valence-corrected chi connectivity index (χ3v) is 13.6. The molecule has 7 rings (SSSR count). The summed E-state index contributed by atoms with van der Waals surface area (Å²) in [6, 6.07) is 7.52. The number of thiocarbonyl (C=S) groups is 2. The largest absolute Gasteiger partial charge is 0.389 e. The number of nitrogens with one attached hydrogen (secondary N) is 4. The summed E-state index contributed by atoms with van der Waals surface area (Å²) >= 11 is 11.0. The van der Waals surface area contributed by atoms with E-state index in [4.69, 9.17) is 87.3 Å². The van der Waals surface area contributed by atoms with E-state index in [1.165, 1.54) is 0 Å². The monoisotopic (exact) mass is 1010 g/mol. The number of hydrogen-bond donors (Lipinski definition) is 16. The molecule has 4 fully saturated rings. The number of carbonyl (C=O) groups excluding carboxylic acids is 2. The van der Waals surface area contributed by atoms with Gasteiger partial charge in [0.1, 0.15) is 67.1 Å². The van der Waals surface area contributed by atoms with Crippen LogP contribution in [0.15, 0.2) is 42.5 Å². The zero-order valence-corrected chi connectivity index (χ0v) is 39.0. The highest BCUT2D eigenvalue weighted by Gasteiger charge is 2.54. The number of ether oxygens (including phenoxy) is 6. The fourth-order valence-electron chi connectivity index (χ4n) is 9.01. The summed E-state index contributed by atoms with van der Waals surface area (Å²) in [5.74, 6) is -0.399. The van der Waals surface area contributed by atoms with Gasteiger partial charge in [-0.05, 0) is 55.0 Å². The van der Waals surface area contributed by atoms with Crippen molar-refractivity contribution in [3.8, 4) is 0 Å². The second kappa shape index (κ2) is 23.3. The minimum atomic E-state index is -1.64. The van der Waals surface area contributed by atoms with Crippen LogP contribution in [0.5, 0.6) is 0 Å². The van der Waals surface area contributed by atoms with Crippen molar-refractivity contribution in [1.82, 2.24) is 21.3 Å². The lowest BCUT2D eigenvalue weighted by Gasteiger charge is -2.47. The Morgan fingerprint density at radius 2 is 1.09 bits per heavy atom. The first-order chi connectivity index (χ1) is 32.9. The SMILES string of the molecule is NC[C@@H]1O[C@H](O[C@H]2[C@@H](O)[C@H](O[C@@H]3[C@@H](O)[C@H](N)C[C@H](N)[C@H]3O[C@H]3O[C@H](CN)[C@@H](O)[C@H](O)[C@H]3N)O[C@@H]2CNC(=S)NCCCNC(=S)NCc2ccc3c(c2)C(=O)c2ccccc2C3=O)[C@H](N)[C@@H](O)[C@@H]1O. The molecule has 3 heterocycles. The van der Waals surface area contributed by atoms with Crippen molar-refractivity contribution in [2.24, 2.45) is 34.4 Å². The molecule has 2 aliphatic carbocycles. The van der Waals surface area contributed by atoms with E-state index in [9.17, 15) is 40.2 Å². The number of hydrogen-bond acceptors (Lipinski definition) is 22. The van der Waals surface area contributed by atoms with Gasteiger partial charge in [-0.1, -0.05) is 30.3 Å². The summed E-state index contributed by atoms with van der Waals surface area (Å²) < 4.78 is 36.3. The topological polar surface area (TPSA) is 415 Å². The van der Waals surface area contributed by atoms with Crippen molar-refractivity contribution in [3.63, 3.8) is 0 Å². The van der Waals surface area contributed by atoms with Gasteiger partial charge >= 0.3 is 0 Å². The molecule has 3 saturated heterocycles. The van der Waals surface area contributed by atoms with Gasteiger partial charge < -0.3 is 115 Å². The normalized spacial score (nSPS) is 37.7. The minimum Gasteiger partial charge on any atom is -0.389 e. The Morgan fingerprint density at radius 3 is 1.67 bits per heavy atom. The number of benzene rings is 2. The van der Waals surface area contributed by atoms with Gasteiger partial charge in [-0.25, -0.2) is 0 Å². The Balaban J connectivity index is 0.933. The van der Waals surface area contributed by atoms with Crippen LogP contribution in [0.25, 0.3) is 0 Å². The number of nitrogens with two attached hydrogens (primary N) is 6. The zero-order chi connectivity index (χ0) is 49.8. The quantitative estimate of drug-likeness (QED) is 0.0468. The third kappa shape index (κ3) is 11.7. The second-order valence-electron chi connectivity index (χ2n) is 17.7. The summed E-state index contributed by atoms with van der Waals surface area (Å²) in [6.45, 7) is 0.685. The average molecular weight is 1010 g/mol. The zero-order valence-electron chi connectivity index (χ0n) is 37.4. The van der Waals surface area contributed by atoms with Crippen molar-refractivity contribution in [1.29, 1.82) is 0 Å². The molecule has 1 saturated carbocycles. The van der Waals surface area contributed by atoms with Gasteiger partial charge in [0.05, 0.1) is 18.2 Å². The van der Waals surface area contributed by atoms with E-state index >= 15 is 0 Å². The van der Waals surface area contributed by atoms with E-state index in [1.807, 2.05) is 0 Å². The number of ketones is 2. The summed E-state index contributed by atoms with van der Waals surface area (Å²) in [4.78, 5) is 26.1. The van der Waals surface area contributed by atoms with Crippen LogP contribution in [0.1, 0.15) is 50.2 Å². The summed E-state index contributed by atoms with van der Waals surface area (Å²) in [5, 5.41) is 78.2. The van der Waals surface area contributed by atoms with Gasteiger partial charge in [0.2, 0.25) is 0 Å². The molecule has 24 nitrogen and oxygen atoms in total. The Kier molecular flexibility index (Phi) is 18.0. The molecule has 0 radical (unpaired) electrons. The summed E-state index contributed by atoms with van der Waals surface area (Å²) in [7, 11) is 0. The van der Waals surface area contributed by atoms with E-state index in [-0.39, 0.29) is 42.7 Å². The summed E-state index contributed by atoms with van der Waals surface area (Å²) in [6.07, 6.45) is -19.7. The molecule has 3 aliphatic heterocycles. The highest BCUT2D eigenvalue weighted by atomic mass is 32.1. The maximum absolute atomic E-state index is 13.1. The second-order valence-corrected chi connectivity index (χ2v) is 18.6. The van der Waals surface area contributed by atoms with Crippen molar-refractivity contribution >= 4 is 46.2 Å². The molecule has 69 heavy (non-hydrogen) atoms. The molecular formula is C43H64N10O14S2. The molecule has 0 amide bonds. The van der Waals surface area contributed by atoms with Crippen LogP contribution < -0.4 is 55.7 Å². The van der Waals surface area contributed by atoms with Crippen molar-refractivity contribution < 1.29 is 68.6 Å². The smallest absolute Gasteiger partial charge is 0.194 e. The van der Waals surface area contributed by atoms with Crippen LogP contribution in [0.3, 0.4) is 0 Å². The number of fused-ring (bicyclic) bond motifs is 2. The van der Waals surface area contributed by atoms with Crippen molar-refractivity contribution in [2.45, 2.75) is 136 Å². The lowest BCUT2D eigenvalue weighted by atomic mass is 9.83. The molecule has 0 spiro atoms. The maximum atomic E-state index is 13.1. The van der Waals surface area contributed by atoms with Crippen LogP contribution in [-0.4, -0.2) is 201 Å². The molecule has 5 aliphatic rings. The molecule has 0 aromatic heterocycles. The maximum Gasteiger partial charge on any atom is 0.194 e. The number of aliphatic hydroxyl groups excluding tert-OH is 6. The van der Waals surface area contributed by atoms with Gasteiger partial charge in [0.25, 0.3) is 0 Å². The van der Waals surface area contributed by atoms with Gasteiger partial charge in [-0.2, -0.15) is 0 Å². The van der Waals surface area contributed by atoms with Crippen LogP contribution in [0.2, 0.25) is 0 Å². The van der Waals surface area contributed by atoms with Gasteiger partial charge in [0.15, 0.2) is 40.7 Å². The van der Waals surface area contributed by atoms with E-state index in [0.717, 1.165) is 5.56 Å². The Bertz CT molecular complexity index is 2140. The lowest BCUT2D eigenvalue weighted by molar-refractivity contribution is -0.306. The van der Waals surface area contributed by atoms with Crippen LogP contribution in [-0.2, 0) is 35.0 Å². The predicted octanol–water partition coefficient (Wildman–Crippen LogP) is -6.59. The first-order valence-corrected chi connectivity index (χ1v) is 23.5. The molecule has 2 aromatic rings. The first-order valence-electron chi connectivity index (χ1n) is 22.7. The number of carbonyl (C=O) groups is 2. The van der Waals surface area contributed by atoms with Crippen molar-refractivity contribution in [3.05, 3.63) is 70.3 Å². The number of rotatable bonds is 16. The fourth-order valence-corrected chi connectivity index (χ4v) is 9.37. The van der Waals surface area contributed by atoms with E-state index in [2.05, 4.69) is 21.3 Å². The molecule has 0 bridgehead atoms. The molecule has 19 atom stereocenters. The highest BCUT2D eigenvalue weighted by molar-refractivity contribution is 7.80. The molecular weight excluding hydrogens is 945 g/mol. The molecule has 0 unspecified atom stereocenters. The van der Waals surface area contributed by atoms with Crippen molar-refractivity contribution in [2.75, 3.05) is 32.7 Å². The van der Waals surface area contributed by atoms with E-state index in [0.29, 0.717) is 53.4 Å². The van der Waals surface area contributed by atoms with E-state index < -0.39 is 116 Å². The van der Waals surface area contributed by atoms with Gasteiger partial charge in [-0.15, -0.1) is 0 Å². The van der Waals surface area contributed by atoms with Gasteiger partial charge in [0, 0.05) is 73.6 Å². The summed E-state index contributed by atoms with van der Waals surface area (Å²) in [5.41, 5.74) is 38.9. The average Bonchev–Trinajstić information content (AvgIpc) is 3.63. The highest BCUT2D eigenvalue weighted by Crippen LogP contribution is 2.35. The molecule has 26 heteroatoms. The minimum absolute atomic E-state index is 0.0594. The third-order valence-electron chi connectivity index (χ3n) is 13.0. The van der Waals surface area contributed by atoms with Gasteiger partial charge in [-0.3, -0.25) is 9.59 Å². The lowest BCUT2D eigenvalue weighted by Crippen LogP contribution is -2.68. The fraction of sp³-hybridized carbons (Fsp3) is 0.628. The van der Waals surface area contributed by atoms with Crippen LogP contribution >= 0.6 is 24.4 Å².